The van der Waals surface area contributed by atoms with E-state index < -0.39 is 0 Å². The highest BCUT2D eigenvalue weighted by Crippen LogP contribution is 2.23. The number of pyridine rings is 1. The molecule has 5 nitrogen and oxygen atoms in total. The first-order valence-electron chi connectivity index (χ1n) is 7.16. The molecule has 116 valence electrons. The van der Waals surface area contributed by atoms with Crippen LogP contribution in [0.2, 0.25) is 0 Å². The number of nitrogens with zero attached hydrogens (tertiary/aromatic N) is 3. The Kier molecular flexibility index (Phi) is 4.14. The molecule has 0 aliphatic heterocycles. The van der Waals surface area contributed by atoms with Crippen molar-refractivity contribution in [2.24, 2.45) is 0 Å². The second kappa shape index (κ2) is 6.39. The molecule has 0 aliphatic rings. The van der Waals surface area contributed by atoms with Crippen LogP contribution in [0, 0.1) is 12.7 Å². The van der Waals surface area contributed by atoms with Gasteiger partial charge in [0.15, 0.2) is 0 Å². The second-order valence-electron chi connectivity index (χ2n) is 5.04. The molecule has 23 heavy (non-hydrogen) atoms. The lowest BCUT2D eigenvalue weighted by Crippen LogP contribution is -2.02. The molecule has 0 bridgehead atoms. The molecule has 3 rings (SSSR count). The SMILES string of the molecule is CNc1nc(Nc2ccc(F)c(C)c2)cc(-c2cccnc2)n1. The standard InChI is InChI=1S/C17H16FN5/c1-11-8-13(5-6-14(11)18)21-16-9-15(22-17(19-2)23-16)12-4-3-7-20-10-12/h3-10H,1-2H3,(H2,19,21,22,23). The van der Waals surface area contributed by atoms with Gasteiger partial charge in [-0.25, -0.2) is 9.37 Å². The summed E-state index contributed by atoms with van der Waals surface area (Å²) in [4.78, 5) is 12.9. The molecule has 0 amide bonds. The van der Waals surface area contributed by atoms with Crippen LogP contribution in [-0.2, 0) is 0 Å². The lowest BCUT2D eigenvalue weighted by molar-refractivity contribution is 0.619. The molecule has 6 heteroatoms. The average Bonchev–Trinajstić information content (AvgIpc) is 2.58. The van der Waals surface area contributed by atoms with Gasteiger partial charge in [-0.15, -0.1) is 0 Å². The van der Waals surface area contributed by atoms with Crippen LogP contribution in [0.4, 0.5) is 21.8 Å². The Morgan fingerprint density at radius 3 is 2.65 bits per heavy atom. The largest absolute Gasteiger partial charge is 0.357 e. The number of rotatable bonds is 4. The summed E-state index contributed by atoms with van der Waals surface area (Å²) in [5.41, 5.74) is 2.98. The maximum atomic E-state index is 13.4. The summed E-state index contributed by atoms with van der Waals surface area (Å²) in [5, 5.41) is 6.12. The van der Waals surface area contributed by atoms with Crippen LogP contribution in [0.1, 0.15) is 5.56 Å². The first-order chi connectivity index (χ1) is 11.2. The Hall–Kier alpha value is -3.02. The van der Waals surface area contributed by atoms with E-state index in [-0.39, 0.29) is 5.82 Å². The zero-order valence-corrected chi connectivity index (χ0v) is 12.8. The predicted octanol–water partition coefficient (Wildman–Crippen LogP) is 3.77. The van der Waals surface area contributed by atoms with Crippen molar-refractivity contribution < 1.29 is 4.39 Å². The summed E-state index contributed by atoms with van der Waals surface area (Å²) in [6.07, 6.45) is 3.46. The maximum absolute atomic E-state index is 13.4. The van der Waals surface area contributed by atoms with Gasteiger partial charge < -0.3 is 10.6 Å². The quantitative estimate of drug-likeness (QED) is 0.768. The molecule has 0 saturated heterocycles. The number of aromatic nitrogens is 3. The molecular weight excluding hydrogens is 293 g/mol. The molecular formula is C17H16FN5. The Bertz CT molecular complexity index is 820. The van der Waals surface area contributed by atoms with E-state index in [2.05, 4.69) is 25.6 Å². The number of hydrogen-bond acceptors (Lipinski definition) is 5. The van der Waals surface area contributed by atoms with Gasteiger partial charge in [-0.05, 0) is 42.8 Å². The smallest absolute Gasteiger partial charge is 0.224 e. The van der Waals surface area contributed by atoms with Gasteiger partial charge in [0.05, 0.1) is 5.69 Å². The third-order valence-corrected chi connectivity index (χ3v) is 3.34. The molecule has 2 aromatic heterocycles. The van der Waals surface area contributed by atoms with E-state index in [1.165, 1.54) is 6.07 Å². The Morgan fingerprint density at radius 2 is 1.96 bits per heavy atom. The average molecular weight is 309 g/mol. The number of anilines is 3. The highest BCUT2D eigenvalue weighted by atomic mass is 19.1. The van der Waals surface area contributed by atoms with E-state index in [9.17, 15) is 4.39 Å². The van der Waals surface area contributed by atoms with E-state index >= 15 is 0 Å². The van der Waals surface area contributed by atoms with Gasteiger partial charge in [0.25, 0.3) is 0 Å². The first-order valence-corrected chi connectivity index (χ1v) is 7.16. The minimum atomic E-state index is -0.231. The van der Waals surface area contributed by atoms with Gasteiger partial charge >= 0.3 is 0 Å². The predicted molar refractivity (Wildman–Crippen MR) is 89.2 cm³/mol. The fourth-order valence-corrected chi connectivity index (χ4v) is 2.16. The van der Waals surface area contributed by atoms with Crippen molar-refractivity contribution in [1.29, 1.82) is 0 Å². The normalized spacial score (nSPS) is 10.4. The van der Waals surface area contributed by atoms with Crippen molar-refractivity contribution in [1.82, 2.24) is 15.0 Å². The first kappa shape index (κ1) is 14.9. The van der Waals surface area contributed by atoms with Crippen LogP contribution in [0.3, 0.4) is 0 Å². The molecule has 0 unspecified atom stereocenters. The van der Waals surface area contributed by atoms with Crippen LogP contribution in [0.15, 0.2) is 48.8 Å². The third-order valence-electron chi connectivity index (χ3n) is 3.34. The van der Waals surface area contributed by atoms with Crippen molar-refractivity contribution in [2.75, 3.05) is 17.7 Å². The van der Waals surface area contributed by atoms with E-state index in [1.54, 1.807) is 38.5 Å². The molecule has 2 heterocycles. The molecule has 2 N–H and O–H groups in total. The third kappa shape index (κ3) is 3.42. The molecule has 0 spiro atoms. The summed E-state index contributed by atoms with van der Waals surface area (Å²) < 4.78 is 13.4. The van der Waals surface area contributed by atoms with Gasteiger partial charge in [0.2, 0.25) is 5.95 Å². The topological polar surface area (TPSA) is 62.7 Å². The van der Waals surface area contributed by atoms with Crippen molar-refractivity contribution in [3.05, 3.63) is 60.2 Å². The Morgan fingerprint density at radius 1 is 1.09 bits per heavy atom. The Balaban J connectivity index is 1.97. The Labute approximate surface area is 133 Å². The highest BCUT2D eigenvalue weighted by molar-refractivity contribution is 5.67. The lowest BCUT2D eigenvalue weighted by atomic mass is 10.2. The van der Waals surface area contributed by atoms with Crippen molar-refractivity contribution in [3.63, 3.8) is 0 Å². The molecule has 0 radical (unpaired) electrons. The van der Waals surface area contributed by atoms with E-state index in [0.717, 1.165) is 16.9 Å². The van der Waals surface area contributed by atoms with Gasteiger partial charge in [-0.1, -0.05) is 0 Å². The zero-order valence-electron chi connectivity index (χ0n) is 12.8. The number of benzene rings is 1. The minimum absolute atomic E-state index is 0.231. The summed E-state index contributed by atoms with van der Waals surface area (Å²) in [5.74, 6) is 0.882. The molecule has 0 fully saturated rings. The molecule has 0 atom stereocenters. The lowest BCUT2D eigenvalue weighted by Gasteiger charge is -2.10. The van der Waals surface area contributed by atoms with Gasteiger partial charge in [0.1, 0.15) is 11.6 Å². The minimum Gasteiger partial charge on any atom is -0.357 e. The maximum Gasteiger partial charge on any atom is 0.224 e. The van der Waals surface area contributed by atoms with Crippen LogP contribution in [0.25, 0.3) is 11.3 Å². The summed E-state index contributed by atoms with van der Waals surface area (Å²) >= 11 is 0. The number of halogens is 1. The number of nitrogens with one attached hydrogen (secondary N) is 2. The molecule has 1 aromatic carbocycles. The van der Waals surface area contributed by atoms with Crippen LogP contribution in [0.5, 0.6) is 0 Å². The highest BCUT2D eigenvalue weighted by Gasteiger charge is 2.07. The van der Waals surface area contributed by atoms with Gasteiger partial charge in [-0.2, -0.15) is 4.98 Å². The summed E-state index contributed by atoms with van der Waals surface area (Å²) in [6, 6.07) is 10.5. The molecule has 0 saturated carbocycles. The van der Waals surface area contributed by atoms with Gasteiger partial charge in [-0.3, -0.25) is 4.98 Å². The number of hydrogen-bond donors (Lipinski definition) is 2. The van der Waals surface area contributed by atoms with Crippen LogP contribution in [-0.4, -0.2) is 22.0 Å². The van der Waals surface area contributed by atoms with Crippen molar-refractivity contribution in [2.45, 2.75) is 6.92 Å². The fraction of sp³-hybridized carbons (Fsp3) is 0.118. The molecule has 0 aliphatic carbocycles. The van der Waals surface area contributed by atoms with E-state index in [1.807, 2.05) is 18.2 Å². The van der Waals surface area contributed by atoms with E-state index in [0.29, 0.717) is 17.3 Å². The molecule has 3 aromatic rings. The zero-order chi connectivity index (χ0) is 16.2. The van der Waals surface area contributed by atoms with Crippen LogP contribution < -0.4 is 10.6 Å². The number of aryl methyl sites for hydroxylation is 1. The van der Waals surface area contributed by atoms with Crippen molar-refractivity contribution in [3.8, 4) is 11.3 Å². The monoisotopic (exact) mass is 309 g/mol. The second-order valence-corrected chi connectivity index (χ2v) is 5.04. The summed E-state index contributed by atoms with van der Waals surface area (Å²) in [6.45, 7) is 1.72. The van der Waals surface area contributed by atoms with E-state index in [4.69, 9.17) is 0 Å². The van der Waals surface area contributed by atoms with Crippen LogP contribution >= 0.6 is 0 Å². The fourth-order valence-electron chi connectivity index (χ4n) is 2.16. The van der Waals surface area contributed by atoms with Gasteiger partial charge in [0, 0.05) is 36.8 Å². The summed E-state index contributed by atoms with van der Waals surface area (Å²) in [7, 11) is 1.76. The van der Waals surface area contributed by atoms with Crippen molar-refractivity contribution >= 4 is 17.5 Å².